The first-order valence-corrected chi connectivity index (χ1v) is 6.54. The number of pyridine rings is 1. The zero-order valence-corrected chi connectivity index (χ0v) is 11.0. The summed E-state index contributed by atoms with van der Waals surface area (Å²) in [4.78, 5) is 15.0. The maximum absolute atomic E-state index is 10.9. The zero-order chi connectivity index (χ0) is 13.8. The molecule has 1 aromatic rings. The third-order valence-electron chi connectivity index (χ3n) is 3.38. The maximum Gasteiger partial charge on any atom is 0.306 e. The quantitative estimate of drug-likeness (QED) is 0.888. The highest BCUT2D eigenvalue weighted by Crippen LogP contribution is 2.26. The molecule has 0 aromatic carbocycles. The lowest BCUT2D eigenvalue weighted by atomic mass is 9.86. The number of aromatic nitrogens is 1. The van der Waals surface area contributed by atoms with E-state index in [4.69, 9.17) is 22.0 Å². The van der Waals surface area contributed by atoms with Crippen molar-refractivity contribution < 1.29 is 9.90 Å². The fourth-order valence-electron chi connectivity index (χ4n) is 2.29. The number of anilines is 1. The monoisotopic (exact) mass is 279 g/mol. The Balaban J connectivity index is 1.96. The summed E-state index contributed by atoms with van der Waals surface area (Å²) in [5, 5.41) is 21.3. The summed E-state index contributed by atoms with van der Waals surface area (Å²) in [6.45, 7) is 0. The van der Waals surface area contributed by atoms with E-state index in [0.717, 1.165) is 12.8 Å². The molecular formula is C13H14ClN3O2. The summed E-state index contributed by atoms with van der Waals surface area (Å²) in [7, 11) is 0. The summed E-state index contributed by atoms with van der Waals surface area (Å²) in [6.07, 6.45) is 2.93. The molecule has 2 rings (SSSR count). The highest BCUT2D eigenvalue weighted by Gasteiger charge is 2.25. The molecule has 19 heavy (non-hydrogen) atoms. The van der Waals surface area contributed by atoms with E-state index in [-0.39, 0.29) is 17.7 Å². The van der Waals surface area contributed by atoms with Crippen LogP contribution in [-0.2, 0) is 4.79 Å². The van der Waals surface area contributed by atoms with Gasteiger partial charge in [0.25, 0.3) is 0 Å². The van der Waals surface area contributed by atoms with Gasteiger partial charge in [-0.3, -0.25) is 4.79 Å². The Kier molecular flexibility index (Phi) is 4.23. The van der Waals surface area contributed by atoms with E-state index in [1.165, 1.54) is 0 Å². The van der Waals surface area contributed by atoms with E-state index in [2.05, 4.69) is 10.3 Å². The number of rotatable bonds is 3. The van der Waals surface area contributed by atoms with E-state index in [1.54, 1.807) is 12.1 Å². The van der Waals surface area contributed by atoms with Gasteiger partial charge in [0.05, 0.1) is 10.9 Å². The van der Waals surface area contributed by atoms with Crippen LogP contribution in [0.4, 0.5) is 5.82 Å². The van der Waals surface area contributed by atoms with Crippen molar-refractivity contribution in [1.29, 1.82) is 5.26 Å². The first-order chi connectivity index (χ1) is 9.10. The van der Waals surface area contributed by atoms with Crippen molar-refractivity contribution in [3.05, 3.63) is 22.8 Å². The minimum Gasteiger partial charge on any atom is -0.481 e. The van der Waals surface area contributed by atoms with Crippen molar-refractivity contribution >= 4 is 23.4 Å². The molecule has 0 amide bonds. The molecule has 0 saturated heterocycles. The molecule has 1 aliphatic rings. The second kappa shape index (κ2) is 5.89. The fourth-order valence-corrected chi connectivity index (χ4v) is 2.44. The van der Waals surface area contributed by atoms with E-state index in [9.17, 15) is 4.79 Å². The number of hydrogen-bond acceptors (Lipinski definition) is 4. The summed E-state index contributed by atoms with van der Waals surface area (Å²) in [5.41, 5.74) is 0.200. The van der Waals surface area contributed by atoms with Gasteiger partial charge in [-0.05, 0) is 37.8 Å². The standard InChI is InChI=1S/C13H14ClN3O2/c14-10-5-6-12(17-11(10)7-15)16-9-3-1-8(2-4-9)13(18)19/h5-6,8-9H,1-4H2,(H,16,17)(H,18,19). The van der Waals surface area contributed by atoms with Crippen LogP contribution in [0.25, 0.3) is 0 Å². The molecular weight excluding hydrogens is 266 g/mol. The van der Waals surface area contributed by atoms with Crippen LogP contribution in [0, 0.1) is 17.2 Å². The molecule has 5 nitrogen and oxygen atoms in total. The number of nitrogens with one attached hydrogen (secondary N) is 1. The summed E-state index contributed by atoms with van der Waals surface area (Å²) >= 11 is 5.82. The van der Waals surface area contributed by atoms with Crippen LogP contribution in [0.1, 0.15) is 31.4 Å². The lowest BCUT2D eigenvalue weighted by Crippen LogP contribution is -2.29. The van der Waals surface area contributed by atoms with Gasteiger partial charge in [-0.1, -0.05) is 11.6 Å². The summed E-state index contributed by atoms with van der Waals surface area (Å²) in [6, 6.07) is 5.50. The van der Waals surface area contributed by atoms with Crippen molar-refractivity contribution in [3.8, 4) is 6.07 Å². The molecule has 6 heteroatoms. The van der Waals surface area contributed by atoms with E-state index < -0.39 is 5.97 Å². The second-order valence-electron chi connectivity index (χ2n) is 4.67. The largest absolute Gasteiger partial charge is 0.481 e. The van der Waals surface area contributed by atoms with Crippen LogP contribution >= 0.6 is 11.6 Å². The molecule has 1 saturated carbocycles. The Labute approximate surface area is 116 Å². The highest BCUT2D eigenvalue weighted by molar-refractivity contribution is 6.31. The number of halogens is 1. The minimum atomic E-state index is -0.713. The van der Waals surface area contributed by atoms with Gasteiger partial charge in [-0.25, -0.2) is 4.98 Å². The van der Waals surface area contributed by atoms with Crippen LogP contribution in [0.5, 0.6) is 0 Å². The maximum atomic E-state index is 10.9. The van der Waals surface area contributed by atoms with Crippen LogP contribution in [0.15, 0.2) is 12.1 Å². The van der Waals surface area contributed by atoms with Gasteiger partial charge in [0.2, 0.25) is 0 Å². The van der Waals surface area contributed by atoms with Gasteiger partial charge >= 0.3 is 5.97 Å². The van der Waals surface area contributed by atoms with Gasteiger partial charge < -0.3 is 10.4 Å². The van der Waals surface area contributed by atoms with Crippen molar-refractivity contribution in [3.63, 3.8) is 0 Å². The molecule has 0 spiro atoms. The molecule has 0 unspecified atom stereocenters. The number of carboxylic acid groups (broad SMARTS) is 1. The molecule has 1 heterocycles. The number of hydrogen-bond donors (Lipinski definition) is 2. The average Bonchev–Trinajstić information content (AvgIpc) is 2.41. The normalized spacial score (nSPS) is 22.5. The lowest BCUT2D eigenvalue weighted by Gasteiger charge is -2.27. The first-order valence-electron chi connectivity index (χ1n) is 6.16. The van der Waals surface area contributed by atoms with Crippen LogP contribution in [0.2, 0.25) is 5.02 Å². The molecule has 1 fully saturated rings. The van der Waals surface area contributed by atoms with Crippen molar-refractivity contribution in [1.82, 2.24) is 4.98 Å². The predicted molar refractivity (Wildman–Crippen MR) is 71.0 cm³/mol. The Morgan fingerprint density at radius 3 is 2.68 bits per heavy atom. The van der Waals surface area contributed by atoms with Gasteiger partial charge in [-0.2, -0.15) is 5.26 Å². The van der Waals surface area contributed by atoms with E-state index in [1.807, 2.05) is 6.07 Å². The smallest absolute Gasteiger partial charge is 0.306 e. The summed E-state index contributed by atoms with van der Waals surface area (Å²) < 4.78 is 0. The molecule has 0 atom stereocenters. The van der Waals surface area contributed by atoms with E-state index in [0.29, 0.717) is 23.7 Å². The molecule has 0 aliphatic heterocycles. The third kappa shape index (κ3) is 3.36. The number of nitriles is 1. The molecule has 1 aliphatic carbocycles. The Morgan fingerprint density at radius 2 is 2.11 bits per heavy atom. The number of carboxylic acids is 1. The Bertz CT molecular complexity index is 519. The van der Waals surface area contributed by atoms with Gasteiger partial charge in [-0.15, -0.1) is 0 Å². The fraction of sp³-hybridized carbons (Fsp3) is 0.462. The average molecular weight is 280 g/mol. The Morgan fingerprint density at radius 1 is 1.42 bits per heavy atom. The first kappa shape index (κ1) is 13.6. The van der Waals surface area contributed by atoms with E-state index >= 15 is 0 Å². The molecule has 1 aromatic heterocycles. The SMILES string of the molecule is N#Cc1nc(NC2CCC(C(=O)O)CC2)ccc1Cl. The van der Waals surface area contributed by atoms with Crippen molar-refractivity contribution in [2.45, 2.75) is 31.7 Å². The predicted octanol–water partition coefficient (Wildman–Crippen LogP) is 2.66. The second-order valence-corrected chi connectivity index (χ2v) is 5.08. The van der Waals surface area contributed by atoms with Gasteiger partial charge in [0.15, 0.2) is 5.69 Å². The number of aliphatic carboxylic acids is 1. The molecule has 0 bridgehead atoms. The Hall–Kier alpha value is -1.80. The number of nitrogens with zero attached hydrogens (tertiary/aromatic N) is 2. The highest BCUT2D eigenvalue weighted by atomic mass is 35.5. The van der Waals surface area contributed by atoms with Crippen molar-refractivity contribution in [2.75, 3.05) is 5.32 Å². The van der Waals surface area contributed by atoms with Gasteiger partial charge in [0, 0.05) is 6.04 Å². The van der Waals surface area contributed by atoms with Gasteiger partial charge in [0.1, 0.15) is 11.9 Å². The zero-order valence-electron chi connectivity index (χ0n) is 10.3. The molecule has 100 valence electrons. The third-order valence-corrected chi connectivity index (χ3v) is 3.69. The van der Waals surface area contributed by atoms with Crippen LogP contribution < -0.4 is 5.32 Å². The molecule has 0 radical (unpaired) electrons. The summed E-state index contributed by atoms with van der Waals surface area (Å²) in [5.74, 6) is -0.333. The van der Waals surface area contributed by atoms with Crippen molar-refractivity contribution in [2.24, 2.45) is 5.92 Å². The lowest BCUT2D eigenvalue weighted by molar-refractivity contribution is -0.142. The van der Waals surface area contributed by atoms with Crippen LogP contribution in [-0.4, -0.2) is 22.1 Å². The minimum absolute atomic E-state index is 0.200. The van der Waals surface area contributed by atoms with Crippen LogP contribution in [0.3, 0.4) is 0 Å². The molecule has 2 N–H and O–H groups in total. The topological polar surface area (TPSA) is 86.0 Å². The number of carbonyl (C=O) groups is 1.